The summed E-state index contributed by atoms with van der Waals surface area (Å²) in [5.74, 6) is 2.09. The number of anilines is 1. The standard InChI is InChI=1S/C21H27N3O4/c1-4-28-16-7-5-15(6-8-16)23-21(25)24-10-9-14-11-19(26-2)20(27-3)12-17(14)18(24)13-22/h5-8,11-12,18H,4,9-10,13,22H2,1-3H3,(H,23,25)/t18-/m0/s1. The largest absolute Gasteiger partial charge is 0.494 e. The Hall–Kier alpha value is -2.93. The number of hydrogen-bond donors (Lipinski definition) is 2. The van der Waals surface area contributed by atoms with Gasteiger partial charge in [0.15, 0.2) is 11.5 Å². The predicted molar refractivity (Wildman–Crippen MR) is 108 cm³/mol. The number of methoxy groups -OCH3 is 2. The van der Waals surface area contributed by atoms with E-state index in [1.165, 1.54) is 0 Å². The number of carbonyl (C=O) groups excluding carboxylic acids is 1. The van der Waals surface area contributed by atoms with Crippen LogP contribution in [0.5, 0.6) is 17.2 Å². The van der Waals surface area contributed by atoms with Crippen molar-refractivity contribution in [1.29, 1.82) is 0 Å². The second-order valence-electron chi connectivity index (χ2n) is 6.49. The van der Waals surface area contributed by atoms with Crippen LogP contribution in [0.1, 0.15) is 24.1 Å². The maximum atomic E-state index is 12.9. The molecule has 0 unspecified atom stereocenters. The fourth-order valence-corrected chi connectivity index (χ4v) is 3.52. The summed E-state index contributed by atoms with van der Waals surface area (Å²) < 4.78 is 16.2. The molecule has 2 amide bonds. The first kappa shape index (κ1) is 19.8. The molecule has 1 heterocycles. The third kappa shape index (κ3) is 3.99. The molecule has 2 aromatic carbocycles. The summed E-state index contributed by atoms with van der Waals surface area (Å²) in [4.78, 5) is 14.7. The molecule has 28 heavy (non-hydrogen) atoms. The van der Waals surface area contributed by atoms with Gasteiger partial charge in [-0.05, 0) is 60.9 Å². The third-order valence-electron chi connectivity index (χ3n) is 4.90. The van der Waals surface area contributed by atoms with Crippen LogP contribution in [0.2, 0.25) is 0 Å². The molecule has 0 fully saturated rings. The Morgan fingerprint density at radius 2 is 1.86 bits per heavy atom. The van der Waals surface area contributed by atoms with Gasteiger partial charge in [-0.1, -0.05) is 0 Å². The number of amides is 2. The normalized spacial score (nSPS) is 15.6. The number of fused-ring (bicyclic) bond motifs is 1. The topological polar surface area (TPSA) is 86.0 Å². The van der Waals surface area contributed by atoms with E-state index in [-0.39, 0.29) is 12.1 Å². The van der Waals surface area contributed by atoms with E-state index in [1.807, 2.05) is 43.3 Å². The first-order valence-corrected chi connectivity index (χ1v) is 9.36. The quantitative estimate of drug-likeness (QED) is 0.798. The summed E-state index contributed by atoms with van der Waals surface area (Å²) in [6.45, 7) is 3.43. The minimum Gasteiger partial charge on any atom is -0.494 e. The van der Waals surface area contributed by atoms with Gasteiger partial charge in [-0.3, -0.25) is 0 Å². The van der Waals surface area contributed by atoms with Crippen LogP contribution in [0.3, 0.4) is 0 Å². The van der Waals surface area contributed by atoms with Crippen molar-refractivity contribution < 1.29 is 19.0 Å². The van der Waals surface area contributed by atoms with Crippen LogP contribution in [0, 0.1) is 0 Å². The Morgan fingerprint density at radius 3 is 2.46 bits per heavy atom. The SMILES string of the molecule is CCOc1ccc(NC(=O)N2CCc3cc(OC)c(OC)cc3[C@@H]2CN)cc1. The van der Waals surface area contributed by atoms with Crippen molar-refractivity contribution in [3.05, 3.63) is 47.5 Å². The molecule has 0 radical (unpaired) electrons. The number of nitrogens with two attached hydrogens (primary N) is 1. The minimum atomic E-state index is -0.230. The molecule has 150 valence electrons. The van der Waals surface area contributed by atoms with E-state index in [0.29, 0.717) is 36.9 Å². The molecular formula is C21H27N3O4. The van der Waals surface area contributed by atoms with E-state index in [0.717, 1.165) is 23.3 Å². The summed E-state index contributed by atoms with van der Waals surface area (Å²) in [6.07, 6.45) is 0.725. The van der Waals surface area contributed by atoms with Gasteiger partial charge < -0.3 is 30.2 Å². The summed E-state index contributed by atoms with van der Waals surface area (Å²) in [6, 6.07) is 10.8. The van der Waals surface area contributed by atoms with E-state index in [9.17, 15) is 4.79 Å². The van der Waals surface area contributed by atoms with Crippen molar-refractivity contribution in [2.24, 2.45) is 5.73 Å². The molecule has 3 N–H and O–H groups in total. The summed E-state index contributed by atoms with van der Waals surface area (Å²) in [5, 5.41) is 2.95. The summed E-state index contributed by atoms with van der Waals surface area (Å²) >= 11 is 0. The number of nitrogens with one attached hydrogen (secondary N) is 1. The van der Waals surface area contributed by atoms with Gasteiger partial charge in [-0.25, -0.2) is 4.79 Å². The van der Waals surface area contributed by atoms with E-state index >= 15 is 0 Å². The van der Waals surface area contributed by atoms with Crippen LogP contribution >= 0.6 is 0 Å². The van der Waals surface area contributed by atoms with Gasteiger partial charge in [0.25, 0.3) is 0 Å². The van der Waals surface area contributed by atoms with Gasteiger partial charge in [0.05, 0.1) is 26.9 Å². The van der Waals surface area contributed by atoms with Gasteiger partial charge >= 0.3 is 6.03 Å². The Bertz CT molecular complexity index is 823. The highest BCUT2D eigenvalue weighted by Gasteiger charge is 2.31. The second-order valence-corrected chi connectivity index (χ2v) is 6.49. The molecule has 0 saturated carbocycles. The molecule has 7 nitrogen and oxygen atoms in total. The lowest BCUT2D eigenvalue weighted by atomic mass is 9.92. The Balaban J connectivity index is 1.80. The second kappa shape index (κ2) is 8.84. The fourth-order valence-electron chi connectivity index (χ4n) is 3.52. The molecule has 0 aromatic heterocycles. The number of benzene rings is 2. The molecule has 0 bridgehead atoms. The zero-order valence-electron chi connectivity index (χ0n) is 16.5. The van der Waals surface area contributed by atoms with Crippen molar-refractivity contribution >= 4 is 11.7 Å². The lowest BCUT2D eigenvalue weighted by Crippen LogP contribution is -2.45. The van der Waals surface area contributed by atoms with Gasteiger partial charge in [-0.15, -0.1) is 0 Å². The number of hydrogen-bond acceptors (Lipinski definition) is 5. The molecule has 7 heteroatoms. The number of nitrogens with zero attached hydrogens (tertiary/aromatic N) is 1. The van der Waals surface area contributed by atoms with E-state index in [4.69, 9.17) is 19.9 Å². The monoisotopic (exact) mass is 385 g/mol. The highest BCUT2D eigenvalue weighted by atomic mass is 16.5. The van der Waals surface area contributed by atoms with Crippen LogP contribution in [-0.4, -0.2) is 44.8 Å². The average Bonchev–Trinajstić information content (AvgIpc) is 2.73. The van der Waals surface area contributed by atoms with Crippen molar-refractivity contribution in [3.63, 3.8) is 0 Å². The molecular weight excluding hydrogens is 358 g/mol. The van der Waals surface area contributed by atoms with Gasteiger partial charge in [0.2, 0.25) is 0 Å². The lowest BCUT2D eigenvalue weighted by molar-refractivity contribution is 0.184. The van der Waals surface area contributed by atoms with Crippen molar-refractivity contribution in [2.45, 2.75) is 19.4 Å². The highest BCUT2D eigenvalue weighted by Crippen LogP contribution is 2.38. The van der Waals surface area contributed by atoms with Gasteiger partial charge in [0, 0.05) is 18.8 Å². The molecule has 3 rings (SSSR count). The zero-order chi connectivity index (χ0) is 20.1. The first-order valence-electron chi connectivity index (χ1n) is 9.36. The molecule has 2 aromatic rings. The maximum absolute atomic E-state index is 12.9. The average molecular weight is 385 g/mol. The molecule has 1 atom stereocenters. The molecule has 1 aliphatic rings. The van der Waals surface area contributed by atoms with E-state index in [1.54, 1.807) is 19.1 Å². The van der Waals surface area contributed by atoms with Gasteiger partial charge in [0.1, 0.15) is 5.75 Å². The number of carbonyl (C=O) groups is 1. The Kier molecular flexibility index (Phi) is 6.26. The molecule has 1 aliphatic heterocycles. The number of urea groups is 1. The van der Waals surface area contributed by atoms with Crippen LogP contribution in [-0.2, 0) is 6.42 Å². The highest BCUT2D eigenvalue weighted by molar-refractivity contribution is 5.90. The maximum Gasteiger partial charge on any atom is 0.322 e. The Morgan fingerprint density at radius 1 is 1.18 bits per heavy atom. The lowest BCUT2D eigenvalue weighted by Gasteiger charge is -2.37. The third-order valence-corrected chi connectivity index (χ3v) is 4.90. The van der Waals surface area contributed by atoms with Crippen molar-refractivity contribution in [1.82, 2.24) is 4.90 Å². The summed E-state index contributed by atoms with van der Waals surface area (Å²) in [7, 11) is 3.21. The van der Waals surface area contributed by atoms with Crippen LogP contribution < -0.4 is 25.3 Å². The van der Waals surface area contributed by atoms with Crippen LogP contribution in [0.15, 0.2) is 36.4 Å². The van der Waals surface area contributed by atoms with Gasteiger partial charge in [-0.2, -0.15) is 0 Å². The first-order chi connectivity index (χ1) is 13.6. The Labute approximate surface area is 165 Å². The van der Waals surface area contributed by atoms with Crippen LogP contribution in [0.25, 0.3) is 0 Å². The number of rotatable bonds is 6. The number of ether oxygens (including phenoxy) is 3. The molecule has 0 spiro atoms. The smallest absolute Gasteiger partial charge is 0.322 e. The van der Waals surface area contributed by atoms with E-state index < -0.39 is 0 Å². The van der Waals surface area contributed by atoms with E-state index in [2.05, 4.69) is 5.32 Å². The minimum absolute atomic E-state index is 0.181. The fraction of sp³-hybridized carbons (Fsp3) is 0.381. The van der Waals surface area contributed by atoms with Crippen molar-refractivity contribution in [3.8, 4) is 17.2 Å². The zero-order valence-corrected chi connectivity index (χ0v) is 16.5. The predicted octanol–water partition coefficient (Wildman–Crippen LogP) is 3.19. The molecule has 0 aliphatic carbocycles. The molecule has 0 saturated heterocycles. The van der Waals surface area contributed by atoms with Crippen molar-refractivity contribution in [2.75, 3.05) is 39.2 Å². The summed E-state index contributed by atoms with van der Waals surface area (Å²) in [5.41, 5.74) is 8.87. The van der Waals surface area contributed by atoms with Crippen LogP contribution in [0.4, 0.5) is 10.5 Å².